The van der Waals surface area contributed by atoms with E-state index >= 15 is 0 Å². The third kappa shape index (κ3) is 4.66. The Kier molecular flexibility index (Phi) is 5.66. The molecule has 1 N–H and O–H groups in total. The van der Waals surface area contributed by atoms with E-state index in [4.69, 9.17) is 0 Å². The molecule has 150 valence electrons. The van der Waals surface area contributed by atoms with Gasteiger partial charge < -0.3 is 10.2 Å². The minimum absolute atomic E-state index is 0.204. The second kappa shape index (κ2) is 7.84. The Morgan fingerprint density at radius 3 is 2.25 bits per heavy atom. The molecule has 1 atom stereocenters. The fourth-order valence-electron chi connectivity index (χ4n) is 3.17. The molecule has 9 heteroatoms. The van der Waals surface area contributed by atoms with E-state index in [-0.39, 0.29) is 18.6 Å². The lowest BCUT2D eigenvalue weighted by Crippen LogP contribution is -2.42. The first-order valence-corrected chi connectivity index (χ1v) is 10.5. The van der Waals surface area contributed by atoms with Crippen LogP contribution in [-0.2, 0) is 10.0 Å². The number of anilines is 1. The molecule has 1 saturated heterocycles. The van der Waals surface area contributed by atoms with Gasteiger partial charge in [0.25, 0.3) is 0 Å². The van der Waals surface area contributed by atoms with E-state index in [1.165, 1.54) is 21.3 Å². The molecule has 0 saturated carbocycles. The number of nitrogens with zero attached hydrogens (tertiary/aromatic N) is 2. The molecule has 2 amide bonds. The topological polar surface area (TPSA) is 69.7 Å². The molecule has 6 nitrogen and oxygen atoms in total. The Morgan fingerprint density at radius 1 is 1.11 bits per heavy atom. The maximum Gasteiger partial charge on any atom is 0.321 e. The summed E-state index contributed by atoms with van der Waals surface area (Å²) in [5.41, 5.74) is 1.54. The van der Waals surface area contributed by atoms with Gasteiger partial charge in [-0.2, -0.15) is 0 Å². The number of nitrogens with one attached hydrogen (secondary N) is 1. The Labute approximate surface area is 162 Å². The van der Waals surface area contributed by atoms with Gasteiger partial charge in [-0.25, -0.2) is 26.3 Å². The minimum Gasteiger partial charge on any atom is -0.323 e. The Bertz CT molecular complexity index is 960. The lowest BCUT2D eigenvalue weighted by atomic mass is 10.1. The van der Waals surface area contributed by atoms with Crippen LogP contribution in [0, 0.1) is 11.6 Å². The van der Waals surface area contributed by atoms with Gasteiger partial charge in [-0.15, -0.1) is 0 Å². The van der Waals surface area contributed by atoms with Crippen LogP contribution >= 0.6 is 0 Å². The summed E-state index contributed by atoms with van der Waals surface area (Å²) in [6.45, 7) is 0.660. The molecule has 0 aromatic heterocycles. The summed E-state index contributed by atoms with van der Waals surface area (Å²) in [4.78, 5) is 13.9. The van der Waals surface area contributed by atoms with Gasteiger partial charge in [0, 0.05) is 37.9 Å². The predicted molar refractivity (Wildman–Crippen MR) is 103 cm³/mol. The number of likely N-dealkylation sites (N-methyl/N-ethyl adjacent to an activating group) is 1. The van der Waals surface area contributed by atoms with Gasteiger partial charge in [0.05, 0.1) is 6.26 Å². The first kappa shape index (κ1) is 20.2. The van der Waals surface area contributed by atoms with Crippen LogP contribution in [0.4, 0.5) is 19.3 Å². The summed E-state index contributed by atoms with van der Waals surface area (Å²) in [6, 6.07) is 9.31. The third-order valence-electron chi connectivity index (χ3n) is 4.80. The summed E-state index contributed by atoms with van der Waals surface area (Å²) in [7, 11) is -1.65. The smallest absolute Gasteiger partial charge is 0.321 e. The quantitative estimate of drug-likeness (QED) is 0.844. The van der Waals surface area contributed by atoms with Crippen molar-refractivity contribution in [2.75, 3.05) is 31.7 Å². The molecule has 2 aromatic carbocycles. The third-order valence-corrected chi connectivity index (χ3v) is 6.06. The van der Waals surface area contributed by atoms with Gasteiger partial charge in [-0.3, -0.25) is 0 Å². The number of benzene rings is 2. The molecule has 1 fully saturated rings. The van der Waals surface area contributed by atoms with Gasteiger partial charge in [0.1, 0.15) is 11.6 Å². The number of urea groups is 1. The molecule has 1 aliphatic heterocycles. The molecule has 28 heavy (non-hydrogen) atoms. The van der Waals surface area contributed by atoms with E-state index in [0.717, 1.165) is 12.3 Å². The van der Waals surface area contributed by atoms with Crippen LogP contribution < -0.4 is 5.32 Å². The van der Waals surface area contributed by atoms with Crippen molar-refractivity contribution in [3.8, 4) is 11.1 Å². The summed E-state index contributed by atoms with van der Waals surface area (Å²) in [5.74, 6) is -1.32. The van der Waals surface area contributed by atoms with E-state index < -0.39 is 21.7 Å². The average Bonchev–Trinajstić information content (AvgIpc) is 3.11. The van der Waals surface area contributed by atoms with E-state index in [1.54, 1.807) is 31.3 Å². The molecule has 3 rings (SSSR count). The van der Waals surface area contributed by atoms with Gasteiger partial charge in [0.2, 0.25) is 10.0 Å². The first-order chi connectivity index (χ1) is 13.1. The normalized spacial score (nSPS) is 17.5. The number of hydrogen-bond acceptors (Lipinski definition) is 3. The van der Waals surface area contributed by atoms with Crippen molar-refractivity contribution in [3.05, 3.63) is 54.1 Å². The van der Waals surface area contributed by atoms with Gasteiger partial charge in [-0.05, 0) is 41.8 Å². The van der Waals surface area contributed by atoms with Gasteiger partial charge >= 0.3 is 6.03 Å². The molecule has 1 aliphatic rings. The molecule has 0 bridgehead atoms. The highest BCUT2D eigenvalue weighted by Crippen LogP contribution is 2.24. The average molecular weight is 409 g/mol. The van der Waals surface area contributed by atoms with Crippen molar-refractivity contribution in [1.82, 2.24) is 9.21 Å². The fourth-order valence-corrected chi connectivity index (χ4v) is 4.05. The van der Waals surface area contributed by atoms with Crippen LogP contribution in [0.15, 0.2) is 42.5 Å². The maximum absolute atomic E-state index is 13.4. The molecular weight excluding hydrogens is 388 g/mol. The van der Waals surface area contributed by atoms with E-state index in [2.05, 4.69) is 5.32 Å². The fraction of sp³-hybridized carbons (Fsp3) is 0.316. The molecular formula is C19H21F2N3O3S. The van der Waals surface area contributed by atoms with E-state index in [0.29, 0.717) is 29.8 Å². The Morgan fingerprint density at radius 2 is 1.71 bits per heavy atom. The van der Waals surface area contributed by atoms with Crippen molar-refractivity contribution >= 4 is 21.7 Å². The van der Waals surface area contributed by atoms with E-state index in [1.807, 2.05) is 0 Å². The van der Waals surface area contributed by atoms with Crippen molar-refractivity contribution < 1.29 is 22.0 Å². The lowest BCUT2D eigenvalue weighted by molar-refractivity contribution is 0.206. The molecule has 2 aromatic rings. The summed E-state index contributed by atoms with van der Waals surface area (Å²) in [6.07, 6.45) is 1.72. The number of sulfonamides is 1. The van der Waals surface area contributed by atoms with Crippen LogP contribution in [0.25, 0.3) is 11.1 Å². The van der Waals surface area contributed by atoms with Gasteiger partial charge in [-0.1, -0.05) is 12.1 Å². The lowest BCUT2D eigenvalue weighted by Gasteiger charge is -2.25. The zero-order chi connectivity index (χ0) is 20.5. The highest BCUT2D eigenvalue weighted by Gasteiger charge is 2.32. The minimum atomic E-state index is -3.27. The number of rotatable bonds is 4. The van der Waals surface area contributed by atoms with Crippen molar-refractivity contribution in [2.45, 2.75) is 12.5 Å². The predicted octanol–water partition coefficient (Wildman–Crippen LogP) is 3.13. The monoisotopic (exact) mass is 409 g/mol. The number of amides is 2. The second-order valence-electron chi connectivity index (χ2n) is 6.84. The number of carbonyl (C=O) groups excluding carboxylic acids is 1. The van der Waals surface area contributed by atoms with Crippen LogP contribution in [0.5, 0.6) is 0 Å². The van der Waals surface area contributed by atoms with Crippen LogP contribution in [0.1, 0.15) is 6.42 Å². The van der Waals surface area contributed by atoms with E-state index in [9.17, 15) is 22.0 Å². The standard InChI is InChI=1S/C19H21F2N3O3S/c1-23(18-7-8-24(12-18)28(2,26)27)19(25)22-17-5-3-13(4-6-17)14-9-15(20)11-16(21)10-14/h3-6,9-11,18H,7-8,12H2,1-2H3,(H,22,25)/t18-/m0/s1. The first-order valence-electron chi connectivity index (χ1n) is 8.69. The number of halogens is 2. The second-order valence-corrected chi connectivity index (χ2v) is 8.82. The van der Waals surface area contributed by atoms with Crippen LogP contribution in [-0.4, -0.2) is 56.1 Å². The van der Waals surface area contributed by atoms with Crippen molar-refractivity contribution in [3.63, 3.8) is 0 Å². The highest BCUT2D eigenvalue weighted by molar-refractivity contribution is 7.88. The molecule has 0 aliphatic carbocycles. The Hall–Kier alpha value is -2.52. The number of hydrogen-bond donors (Lipinski definition) is 1. The summed E-state index contributed by atoms with van der Waals surface area (Å²) >= 11 is 0. The molecule has 0 spiro atoms. The zero-order valence-electron chi connectivity index (χ0n) is 15.5. The van der Waals surface area contributed by atoms with Crippen molar-refractivity contribution in [1.29, 1.82) is 0 Å². The zero-order valence-corrected chi connectivity index (χ0v) is 16.3. The molecule has 0 radical (unpaired) electrons. The van der Waals surface area contributed by atoms with Crippen LogP contribution in [0.3, 0.4) is 0 Å². The summed E-state index contributed by atoms with van der Waals surface area (Å²) in [5, 5.41) is 2.74. The largest absolute Gasteiger partial charge is 0.323 e. The van der Waals surface area contributed by atoms with Crippen LogP contribution in [0.2, 0.25) is 0 Å². The maximum atomic E-state index is 13.4. The summed E-state index contributed by atoms with van der Waals surface area (Å²) < 4.78 is 51.3. The van der Waals surface area contributed by atoms with Crippen molar-refractivity contribution in [2.24, 2.45) is 0 Å². The molecule has 0 unspecified atom stereocenters. The SMILES string of the molecule is CN(C(=O)Nc1ccc(-c2cc(F)cc(F)c2)cc1)[C@H]1CCN(S(C)(=O)=O)C1. The highest BCUT2D eigenvalue weighted by atomic mass is 32.2. The Balaban J connectivity index is 1.64. The molecule has 1 heterocycles. The van der Waals surface area contributed by atoms with Gasteiger partial charge in [0.15, 0.2) is 0 Å². The number of carbonyl (C=O) groups is 1.